The summed E-state index contributed by atoms with van der Waals surface area (Å²) >= 11 is 3.57. The summed E-state index contributed by atoms with van der Waals surface area (Å²) in [7, 11) is -1.04. The summed E-state index contributed by atoms with van der Waals surface area (Å²) < 4.78 is 18.1. The van der Waals surface area contributed by atoms with Gasteiger partial charge in [0.1, 0.15) is 11.5 Å². The molecule has 1 aromatic rings. The molecule has 3 nitrogen and oxygen atoms in total. The zero-order chi connectivity index (χ0) is 16.6. The minimum atomic E-state index is -1.04. The van der Waals surface area contributed by atoms with Gasteiger partial charge in [-0.05, 0) is 46.9 Å². The van der Waals surface area contributed by atoms with Crippen molar-refractivity contribution in [3.05, 3.63) is 22.2 Å². The van der Waals surface area contributed by atoms with Gasteiger partial charge in [-0.3, -0.25) is 0 Å². The van der Waals surface area contributed by atoms with E-state index in [1.165, 1.54) is 0 Å². The van der Waals surface area contributed by atoms with Gasteiger partial charge in [-0.15, -0.1) is 0 Å². The van der Waals surface area contributed by atoms with Crippen LogP contribution in [-0.4, -0.2) is 28.1 Å². The molecule has 0 fully saturated rings. The predicted molar refractivity (Wildman–Crippen MR) is 98.9 cm³/mol. The van der Waals surface area contributed by atoms with Crippen molar-refractivity contribution in [3.8, 4) is 11.5 Å². The molecule has 22 heavy (non-hydrogen) atoms. The first-order valence-corrected chi connectivity index (χ1v) is 12.5. The summed E-state index contributed by atoms with van der Waals surface area (Å²) in [5, 5.41) is 0. The van der Waals surface area contributed by atoms with E-state index in [2.05, 4.69) is 42.5 Å². The normalized spacial score (nSPS) is 11.5. The molecular formula is C17H29BrO3Si. The topological polar surface area (TPSA) is 27.7 Å². The minimum absolute atomic E-state index is 0.279. The van der Waals surface area contributed by atoms with Gasteiger partial charge in [0.15, 0.2) is 6.79 Å². The smallest absolute Gasteiger partial charge is 0.189 e. The molecule has 0 N–H and O–H groups in total. The first kappa shape index (κ1) is 19.5. The van der Waals surface area contributed by atoms with Crippen LogP contribution in [0.15, 0.2) is 16.6 Å². The fourth-order valence-electron chi connectivity index (χ4n) is 1.77. The van der Waals surface area contributed by atoms with Crippen LogP contribution < -0.4 is 9.47 Å². The SMILES string of the molecule is CCCCOc1cc(C)c(Br)c(OCOCC[Si](C)(C)C)c1. The summed E-state index contributed by atoms with van der Waals surface area (Å²) in [6.45, 7) is 13.0. The highest BCUT2D eigenvalue weighted by molar-refractivity contribution is 9.10. The zero-order valence-electron chi connectivity index (χ0n) is 14.5. The van der Waals surface area contributed by atoms with E-state index < -0.39 is 8.07 Å². The highest BCUT2D eigenvalue weighted by Gasteiger charge is 2.12. The van der Waals surface area contributed by atoms with Gasteiger partial charge in [0, 0.05) is 20.7 Å². The second kappa shape index (κ2) is 9.58. The number of ether oxygens (including phenoxy) is 3. The summed E-state index contributed by atoms with van der Waals surface area (Å²) in [6, 6.07) is 5.10. The molecule has 126 valence electrons. The molecular weight excluding hydrogens is 360 g/mol. The van der Waals surface area contributed by atoms with Crippen molar-refractivity contribution in [2.45, 2.75) is 52.4 Å². The Morgan fingerprint density at radius 2 is 1.82 bits per heavy atom. The molecule has 0 heterocycles. The average molecular weight is 389 g/mol. The number of hydrogen-bond donors (Lipinski definition) is 0. The van der Waals surface area contributed by atoms with Gasteiger partial charge in [-0.2, -0.15) is 0 Å². The van der Waals surface area contributed by atoms with E-state index in [4.69, 9.17) is 14.2 Å². The van der Waals surface area contributed by atoms with Crippen molar-refractivity contribution in [3.63, 3.8) is 0 Å². The van der Waals surface area contributed by atoms with Crippen LogP contribution in [0.4, 0.5) is 0 Å². The number of unbranched alkanes of at least 4 members (excludes halogenated alkanes) is 1. The number of aryl methyl sites for hydroxylation is 1. The highest BCUT2D eigenvalue weighted by atomic mass is 79.9. The lowest BCUT2D eigenvalue weighted by molar-refractivity contribution is 0.0214. The van der Waals surface area contributed by atoms with Crippen LogP contribution in [0.25, 0.3) is 0 Å². The van der Waals surface area contributed by atoms with E-state index in [-0.39, 0.29) is 6.79 Å². The lowest BCUT2D eigenvalue weighted by Crippen LogP contribution is -2.22. The second-order valence-electron chi connectivity index (χ2n) is 6.74. The molecule has 0 spiro atoms. The van der Waals surface area contributed by atoms with Gasteiger partial charge < -0.3 is 14.2 Å². The van der Waals surface area contributed by atoms with Crippen LogP contribution >= 0.6 is 15.9 Å². The maximum Gasteiger partial charge on any atom is 0.189 e. The van der Waals surface area contributed by atoms with E-state index in [1.807, 2.05) is 19.1 Å². The largest absolute Gasteiger partial charge is 0.493 e. The van der Waals surface area contributed by atoms with Crippen molar-refractivity contribution in [1.29, 1.82) is 0 Å². The molecule has 1 rings (SSSR count). The van der Waals surface area contributed by atoms with E-state index >= 15 is 0 Å². The first-order valence-electron chi connectivity index (χ1n) is 7.97. The van der Waals surface area contributed by atoms with Crippen molar-refractivity contribution < 1.29 is 14.2 Å². The Hall–Kier alpha value is -0.523. The molecule has 0 saturated carbocycles. The highest BCUT2D eigenvalue weighted by Crippen LogP contribution is 2.33. The summed E-state index contributed by atoms with van der Waals surface area (Å²) in [5.41, 5.74) is 1.10. The molecule has 0 aliphatic heterocycles. The lowest BCUT2D eigenvalue weighted by Gasteiger charge is -2.16. The third-order valence-electron chi connectivity index (χ3n) is 3.26. The van der Waals surface area contributed by atoms with Gasteiger partial charge in [-0.1, -0.05) is 33.0 Å². The Labute approximate surface area is 144 Å². The second-order valence-corrected chi connectivity index (χ2v) is 13.1. The molecule has 0 atom stereocenters. The molecule has 0 bridgehead atoms. The Bertz CT molecular complexity index is 458. The van der Waals surface area contributed by atoms with Crippen LogP contribution in [0, 0.1) is 6.92 Å². The number of hydrogen-bond acceptors (Lipinski definition) is 3. The third-order valence-corrected chi connectivity index (χ3v) is 5.98. The maximum absolute atomic E-state index is 5.76. The zero-order valence-corrected chi connectivity index (χ0v) is 17.1. The van der Waals surface area contributed by atoms with Crippen LogP contribution in [-0.2, 0) is 4.74 Å². The Morgan fingerprint density at radius 1 is 1.09 bits per heavy atom. The van der Waals surface area contributed by atoms with E-state index in [9.17, 15) is 0 Å². The van der Waals surface area contributed by atoms with Crippen molar-refractivity contribution in [1.82, 2.24) is 0 Å². The summed E-state index contributed by atoms with van der Waals surface area (Å²) in [6.07, 6.45) is 2.19. The van der Waals surface area contributed by atoms with Gasteiger partial charge >= 0.3 is 0 Å². The van der Waals surface area contributed by atoms with Crippen molar-refractivity contribution in [2.24, 2.45) is 0 Å². The number of rotatable bonds is 10. The van der Waals surface area contributed by atoms with Crippen molar-refractivity contribution in [2.75, 3.05) is 20.0 Å². The van der Waals surface area contributed by atoms with Crippen LogP contribution in [0.5, 0.6) is 11.5 Å². The van der Waals surface area contributed by atoms with Crippen LogP contribution in [0.1, 0.15) is 25.3 Å². The standard InChI is InChI=1S/C17H29BrO3Si/c1-6-7-8-20-15-11-14(2)17(18)16(12-15)21-13-19-9-10-22(3,4)5/h11-12H,6-10,13H2,1-5H3. The molecule has 0 aliphatic rings. The predicted octanol–water partition coefficient (Wildman–Crippen LogP) is 5.63. The molecule has 0 aliphatic carbocycles. The third kappa shape index (κ3) is 7.65. The van der Waals surface area contributed by atoms with Crippen LogP contribution in [0.2, 0.25) is 25.7 Å². The van der Waals surface area contributed by atoms with Crippen molar-refractivity contribution >= 4 is 24.0 Å². The Morgan fingerprint density at radius 3 is 2.45 bits per heavy atom. The number of halogens is 1. The quantitative estimate of drug-likeness (QED) is 0.295. The summed E-state index contributed by atoms with van der Waals surface area (Å²) in [5.74, 6) is 1.63. The fourth-order valence-corrected chi connectivity index (χ4v) is 2.87. The average Bonchev–Trinajstić information content (AvgIpc) is 2.42. The molecule has 0 radical (unpaired) electrons. The molecule has 0 saturated heterocycles. The van der Waals surface area contributed by atoms with E-state index in [1.54, 1.807) is 0 Å². The van der Waals surface area contributed by atoms with E-state index in [0.717, 1.165) is 53.6 Å². The van der Waals surface area contributed by atoms with Gasteiger partial charge in [0.05, 0.1) is 11.1 Å². The molecule has 5 heteroatoms. The Balaban J connectivity index is 2.50. The van der Waals surface area contributed by atoms with Gasteiger partial charge in [0.2, 0.25) is 0 Å². The lowest BCUT2D eigenvalue weighted by atomic mass is 10.2. The molecule has 0 amide bonds. The monoisotopic (exact) mass is 388 g/mol. The first-order chi connectivity index (χ1) is 10.3. The molecule has 1 aromatic carbocycles. The van der Waals surface area contributed by atoms with Crippen LogP contribution in [0.3, 0.4) is 0 Å². The fraction of sp³-hybridized carbons (Fsp3) is 0.647. The summed E-state index contributed by atoms with van der Waals surface area (Å²) in [4.78, 5) is 0. The Kier molecular flexibility index (Phi) is 8.50. The maximum atomic E-state index is 5.76. The molecule has 0 unspecified atom stereocenters. The number of benzene rings is 1. The van der Waals surface area contributed by atoms with Gasteiger partial charge in [0.25, 0.3) is 0 Å². The minimum Gasteiger partial charge on any atom is -0.493 e. The molecule has 0 aromatic heterocycles. The van der Waals surface area contributed by atoms with E-state index in [0.29, 0.717) is 0 Å². The van der Waals surface area contributed by atoms with Gasteiger partial charge in [-0.25, -0.2) is 0 Å².